The molecule has 0 aliphatic heterocycles. The molecule has 1 atom stereocenters. The van der Waals surface area contributed by atoms with Crippen LogP contribution in [0.3, 0.4) is 0 Å². The minimum atomic E-state index is -0.0137. The van der Waals surface area contributed by atoms with Gasteiger partial charge in [0.15, 0.2) is 0 Å². The van der Waals surface area contributed by atoms with E-state index in [-0.39, 0.29) is 17.7 Å². The van der Waals surface area contributed by atoms with Crippen molar-refractivity contribution in [2.24, 2.45) is 0 Å². The van der Waals surface area contributed by atoms with Gasteiger partial charge in [0.05, 0.1) is 18.6 Å². The Labute approximate surface area is 139 Å². The van der Waals surface area contributed by atoms with Crippen LogP contribution in [-0.4, -0.2) is 45.0 Å². The summed E-state index contributed by atoms with van der Waals surface area (Å²) in [6, 6.07) is 7.59. The second-order valence-corrected chi connectivity index (χ2v) is 6.06. The van der Waals surface area contributed by atoms with Crippen LogP contribution in [-0.2, 0) is 4.79 Å². The smallest absolute Gasteiger partial charge is 0.230 e. The van der Waals surface area contributed by atoms with Gasteiger partial charge in [0, 0.05) is 6.04 Å². The molecule has 8 heteroatoms. The molecule has 7 nitrogen and oxygen atoms in total. The summed E-state index contributed by atoms with van der Waals surface area (Å²) in [5.41, 5.74) is 0.818. The van der Waals surface area contributed by atoms with Gasteiger partial charge in [0.2, 0.25) is 11.1 Å². The molecule has 0 aliphatic carbocycles. The van der Waals surface area contributed by atoms with E-state index in [2.05, 4.69) is 27.8 Å². The van der Waals surface area contributed by atoms with Gasteiger partial charge in [-0.25, -0.2) is 0 Å². The molecule has 1 amide bonds. The molecule has 0 unspecified atom stereocenters. The van der Waals surface area contributed by atoms with E-state index in [1.807, 2.05) is 31.2 Å². The summed E-state index contributed by atoms with van der Waals surface area (Å²) in [6.45, 7) is 4.11. The second kappa shape index (κ2) is 8.52. The van der Waals surface area contributed by atoms with Crippen LogP contribution in [0.25, 0.3) is 5.69 Å². The van der Waals surface area contributed by atoms with Crippen LogP contribution in [0.15, 0.2) is 29.4 Å². The Morgan fingerprint density at radius 2 is 2.13 bits per heavy atom. The number of hydrogen-bond acceptors (Lipinski definition) is 6. The average Bonchev–Trinajstić information content (AvgIpc) is 3.01. The largest absolute Gasteiger partial charge is 0.497 e. The number of ether oxygens (including phenoxy) is 1. The van der Waals surface area contributed by atoms with Crippen LogP contribution in [0, 0.1) is 0 Å². The Kier molecular flexibility index (Phi) is 6.40. The summed E-state index contributed by atoms with van der Waals surface area (Å²) in [4.78, 5) is 11.9. The molecular formula is C15H21N5O2S. The van der Waals surface area contributed by atoms with Gasteiger partial charge in [-0.05, 0) is 48.0 Å². The van der Waals surface area contributed by atoms with Crippen molar-refractivity contribution in [2.75, 3.05) is 12.9 Å². The minimum absolute atomic E-state index is 0.0137. The molecule has 0 radical (unpaired) electrons. The van der Waals surface area contributed by atoms with Crippen LogP contribution < -0.4 is 10.1 Å². The zero-order valence-corrected chi connectivity index (χ0v) is 14.3. The van der Waals surface area contributed by atoms with Crippen molar-refractivity contribution in [3.05, 3.63) is 24.3 Å². The fourth-order valence-electron chi connectivity index (χ4n) is 2.11. The van der Waals surface area contributed by atoms with Crippen molar-refractivity contribution in [3.8, 4) is 11.4 Å². The predicted octanol–water partition coefficient (Wildman–Crippen LogP) is 2.07. The van der Waals surface area contributed by atoms with Crippen LogP contribution in [0.5, 0.6) is 5.75 Å². The number of benzene rings is 1. The summed E-state index contributed by atoms with van der Waals surface area (Å²) in [5, 5.41) is 15.2. The van der Waals surface area contributed by atoms with Gasteiger partial charge in [0.25, 0.3) is 0 Å². The number of methoxy groups -OCH3 is 1. The van der Waals surface area contributed by atoms with E-state index in [0.29, 0.717) is 5.16 Å². The summed E-state index contributed by atoms with van der Waals surface area (Å²) in [6.07, 6.45) is 2.02. The van der Waals surface area contributed by atoms with Gasteiger partial charge in [-0.3, -0.25) is 4.79 Å². The topological polar surface area (TPSA) is 81.9 Å². The van der Waals surface area contributed by atoms with Gasteiger partial charge in [-0.1, -0.05) is 25.1 Å². The lowest BCUT2D eigenvalue weighted by atomic mass is 10.2. The van der Waals surface area contributed by atoms with Gasteiger partial charge in [-0.2, -0.15) is 4.68 Å². The van der Waals surface area contributed by atoms with Crippen LogP contribution in [0.4, 0.5) is 0 Å². The van der Waals surface area contributed by atoms with Crippen molar-refractivity contribution < 1.29 is 9.53 Å². The van der Waals surface area contributed by atoms with Crippen molar-refractivity contribution in [3.63, 3.8) is 0 Å². The lowest BCUT2D eigenvalue weighted by Crippen LogP contribution is -2.33. The molecule has 2 rings (SSSR count). The first-order valence-electron chi connectivity index (χ1n) is 7.49. The first-order chi connectivity index (χ1) is 11.1. The maximum absolute atomic E-state index is 11.9. The van der Waals surface area contributed by atoms with Gasteiger partial charge in [0.1, 0.15) is 5.75 Å². The lowest BCUT2D eigenvalue weighted by Gasteiger charge is -2.12. The highest BCUT2D eigenvalue weighted by molar-refractivity contribution is 7.99. The Balaban J connectivity index is 1.96. The molecule has 1 aromatic heterocycles. The van der Waals surface area contributed by atoms with E-state index >= 15 is 0 Å². The second-order valence-electron chi connectivity index (χ2n) is 5.12. The third kappa shape index (κ3) is 4.95. The fourth-order valence-corrected chi connectivity index (χ4v) is 2.81. The van der Waals surface area contributed by atoms with Crippen LogP contribution in [0.1, 0.15) is 26.7 Å². The molecule has 124 valence electrons. The van der Waals surface area contributed by atoms with Crippen molar-refractivity contribution >= 4 is 17.7 Å². The molecule has 0 saturated carbocycles. The summed E-state index contributed by atoms with van der Waals surface area (Å²) < 4.78 is 6.74. The number of carbonyl (C=O) groups excluding carboxylic acids is 1. The third-order valence-corrected chi connectivity index (χ3v) is 4.14. The zero-order chi connectivity index (χ0) is 16.7. The van der Waals surface area contributed by atoms with E-state index in [4.69, 9.17) is 4.74 Å². The molecule has 1 aromatic carbocycles. The van der Waals surface area contributed by atoms with E-state index in [0.717, 1.165) is 24.3 Å². The fraction of sp³-hybridized carbons (Fsp3) is 0.467. The Morgan fingerprint density at radius 1 is 1.39 bits per heavy atom. The maximum atomic E-state index is 11.9. The number of nitrogens with zero attached hydrogens (tertiary/aromatic N) is 4. The number of tetrazole rings is 1. The molecule has 0 bridgehead atoms. The number of aromatic nitrogens is 4. The van der Waals surface area contributed by atoms with E-state index < -0.39 is 0 Å². The quantitative estimate of drug-likeness (QED) is 0.744. The van der Waals surface area contributed by atoms with Gasteiger partial charge >= 0.3 is 0 Å². The Hall–Kier alpha value is -2.09. The van der Waals surface area contributed by atoms with Gasteiger partial charge < -0.3 is 10.1 Å². The number of amides is 1. The Morgan fingerprint density at radius 3 is 2.78 bits per heavy atom. The minimum Gasteiger partial charge on any atom is -0.497 e. The monoisotopic (exact) mass is 335 g/mol. The highest BCUT2D eigenvalue weighted by Crippen LogP contribution is 2.20. The van der Waals surface area contributed by atoms with Crippen molar-refractivity contribution in [1.29, 1.82) is 0 Å². The molecule has 2 aromatic rings. The standard InChI is InChI=1S/C15H21N5O2S/c1-4-5-11(2)16-14(21)10-23-15-17-18-19-20(15)12-6-8-13(22-3)9-7-12/h6-9,11H,4-5,10H2,1-3H3,(H,16,21)/t11-/m0/s1. The van der Waals surface area contributed by atoms with E-state index in [1.54, 1.807) is 11.8 Å². The number of rotatable bonds is 8. The predicted molar refractivity (Wildman–Crippen MR) is 88.9 cm³/mol. The number of thioether (sulfide) groups is 1. The summed E-state index contributed by atoms with van der Waals surface area (Å²) in [5.74, 6) is 1.03. The van der Waals surface area contributed by atoms with Crippen molar-refractivity contribution in [1.82, 2.24) is 25.5 Å². The molecular weight excluding hydrogens is 314 g/mol. The Bertz CT molecular complexity index is 629. The summed E-state index contributed by atoms with van der Waals surface area (Å²) >= 11 is 1.31. The molecule has 0 aliphatic rings. The molecule has 0 spiro atoms. The average molecular weight is 335 g/mol. The van der Waals surface area contributed by atoms with Crippen LogP contribution in [0.2, 0.25) is 0 Å². The summed E-state index contributed by atoms with van der Waals surface area (Å²) in [7, 11) is 1.62. The highest BCUT2D eigenvalue weighted by Gasteiger charge is 2.13. The third-order valence-electron chi connectivity index (χ3n) is 3.22. The number of carbonyl (C=O) groups is 1. The molecule has 1 N–H and O–H groups in total. The highest BCUT2D eigenvalue weighted by atomic mass is 32.2. The SMILES string of the molecule is CCC[C@H](C)NC(=O)CSc1nnnn1-c1ccc(OC)cc1. The van der Waals surface area contributed by atoms with E-state index in [9.17, 15) is 4.79 Å². The first-order valence-corrected chi connectivity index (χ1v) is 8.47. The molecule has 0 saturated heterocycles. The molecule has 23 heavy (non-hydrogen) atoms. The van der Waals surface area contributed by atoms with Crippen molar-refractivity contribution in [2.45, 2.75) is 37.9 Å². The maximum Gasteiger partial charge on any atom is 0.230 e. The molecule has 0 fully saturated rings. The normalized spacial score (nSPS) is 12.0. The lowest BCUT2D eigenvalue weighted by molar-refractivity contribution is -0.119. The zero-order valence-electron chi connectivity index (χ0n) is 13.5. The van der Waals surface area contributed by atoms with E-state index in [1.165, 1.54) is 11.8 Å². The molecule has 1 heterocycles. The number of hydrogen-bond donors (Lipinski definition) is 1. The van der Waals surface area contributed by atoms with Gasteiger partial charge in [-0.15, -0.1) is 5.10 Å². The first kappa shape index (κ1) is 17.3. The van der Waals surface area contributed by atoms with Crippen LogP contribution >= 0.6 is 11.8 Å². The number of nitrogens with one attached hydrogen (secondary N) is 1.